The van der Waals surface area contributed by atoms with Gasteiger partial charge in [0.15, 0.2) is 0 Å². The molecule has 0 saturated heterocycles. The van der Waals surface area contributed by atoms with Crippen molar-refractivity contribution in [2.24, 2.45) is 0 Å². The predicted molar refractivity (Wildman–Crippen MR) is 25.8 cm³/mol. The number of allylic oxidation sites excluding steroid dienone is 2. The summed E-state index contributed by atoms with van der Waals surface area (Å²) in [5.41, 5.74) is 0. The lowest BCUT2D eigenvalue weighted by atomic mass is 10.3. The van der Waals surface area contributed by atoms with Gasteiger partial charge in [-0.2, -0.15) is 22.0 Å². The van der Waals surface area contributed by atoms with Gasteiger partial charge in [0, 0.05) is 0 Å². The first-order valence-electron chi connectivity index (χ1n) is 2.39. The summed E-state index contributed by atoms with van der Waals surface area (Å²) in [7, 11) is 0. The zero-order valence-electron chi connectivity index (χ0n) is 5.04. The van der Waals surface area contributed by atoms with Crippen LogP contribution in [0.5, 0.6) is 0 Å². The highest BCUT2D eigenvalue weighted by Gasteiger charge is 2.55. The van der Waals surface area contributed by atoms with Gasteiger partial charge in [0.25, 0.3) is 0 Å². The molecule has 0 unspecified atom stereocenters. The van der Waals surface area contributed by atoms with Crippen LogP contribution < -0.4 is 0 Å². The largest absolute Gasteiger partial charge is 0.457 e. The minimum Gasteiger partial charge on any atom is -0.192 e. The van der Waals surface area contributed by atoms with Gasteiger partial charge in [0.05, 0.1) is 0 Å². The fraction of sp³-hybridized carbons (Fsp3) is 0.600. The van der Waals surface area contributed by atoms with Crippen molar-refractivity contribution in [3.63, 3.8) is 0 Å². The second-order valence-electron chi connectivity index (χ2n) is 1.62. The summed E-state index contributed by atoms with van der Waals surface area (Å²) >= 11 is 0. The van der Waals surface area contributed by atoms with Gasteiger partial charge in [-0.1, -0.05) is 6.08 Å². The second kappa shape index (κ2) is 2.56. The molecule has 0 bridgehead atoms. The fourth-order valence-corrected chi connectivity index (χ4v) is 0.304. The highest BCUT2D eigenvalue weighted by molar-refractivity contribution is 4.97. The van der Waals surface area contributed by atoms with Crippen molar-refractivity contribution >= 4 is 0 Å². The molecule has 0 aromatic carbocycles. The van der Waals surface area contributed by atoms with E-state index >= 15 is 0 Å². The first-order valence-corrected chi connectivity index (χ1v) is 2.39. The van der Waals surface area contributed by atoms with Gasteiger partial charge >= 0.3 is 12.1 Å². The molecule has 0 amide bonds. The van der Waals surface area contributed by atoms with Gasteiger partial charge in [-0.25, -0.2) is 0 Å². The lowest BCUT2D eigenvalue weighted by molar-refractivity contribution is -0.259. The quantitative estimate of drug-likeness (QED) is 0.408. The highest BCUT2D eigenvalue weighted by Crippen LogP contribution is 2.36. The van der Waals surface area contributed by atoms with Gasteiger partial charge in [-0.3, -0.25) is 0 Å². The summed E-state index contributed by atoms with van der Waals surface area (Å²) in [5, 5.41) is 0. The average Bonchev–Trinajstić information content (AvgIpc) is 1.61. The van der Waals surface area contributed by atoms with Crippen LogP contribution in [-0.2, 0) is 0 Å². The van der Waals surface area contributed by atoms with Gasteiger partial charge in [0.2, 0.25) is 0 Å². The molecule has 0 aliphatic heterocycles. The molecule has 5 heteroatoms. The molecule has 0 heterocycles. The Morgan fingerprint density at radius 1 is 1.00 bits per heavy atom. The van der Waals surface area contributed by atoms with Gasteiger partial charge in [0.1, 0.15) is 0 Å². The maximum absolute atomic E-state index is 11.7. The molecule has 0 radical (unpaired) electrons. The molecule has 0 rings (SSSR count). The number of hydrogen-bond acceptors (Lipinski definition) is 0. The topological polar surface area (TPSA) is 0 Å². The van der Waals surface area contributed by atoms with E-state index in [1.807, 2.05) is 0 Å². The zero-order valence-corrected chi connectivity index (χ0v) is 5.04. The summed E-state index contributed by atoms with van der Waals surface area (Å²) in [4.78, 5) is 0. The third-order valence-corrected chi connectivity index (χ3v) is 0.754. The molecule has 0 atom stereocenters. The second-order valence-corrected chi connectivity index (χ2v) is 1.62. The van der Waals surface area contributed by atoms with Crippen molar-refractivity contribution in [3.05, 3.63) is 12.2 Å². The minimum atomic E-state index is -5.47. The minimum absolute atomic E-state index is 0.188. The third kappa shape index (κ3) is 1.97. The smallest absolute Gasteiger partial charge is 0.192 e. The molecule has 0 spiro atoms. The molecule has 0 nitrogen and oxygen atoms in total. The predicted octanol–water partition coefficient (Wildman–Crippen LogP) is 2.76. The Morgan fingerprint density at radius 2 is 1.40 bits per heavy atom. The van der Waals surface area contributed by atoms with Crippen molar-refractivity contribution in [3.8, 4) is 0 Å². The Labute approximate surface area is 54.3 Å². The molecule has 0 aromatic rings. The Morgan fingerprint density at radius 3 is 1.50 bits per heavy atom. The van der Waals surface area contributed by atoms with E-state index in [9.17, 15) is 22.0 Å². The molecule has 0 aliphatic carbocycles. The number of hydrogen-bond donors (Lipinski definition) is 0. The first kappa shape index (κ1) is 9.39. The first-order chi connectivity index (χ1) is 4.31. The van der Waals surface area contributed by atoms with Crippen LogP contribution in [0.1, 0.15) is 6.92 Å². The normalized spacial score (nSPS) is 14.6. The van der Waals surface area contributed by atoms with E-state index in [2.05, 4.69) is 0 Å². The molecular weight excluding hydrogens is 155 g/mol. The van der Waals surface area contributed by atoms with E-state index in [0.29, 0.717) is 6.08 Å². The maximum atomic E-state index is 11.7. The van der Waals surface area contributed by atoms with E-state index in [-0.39, 0.29) is 6.08 Å². The number of rotatable bonds is 1. The Kier molecular flexibility index (Phi) is 2.40. The third-order valence-electron chi connectivity index (χ3n) is 0.754. The average molecular weight is 160 g/mol. The van der Waals surface area contributed by atoms with Crippen LogP contribution in [0.25, 0.3) is 0 Å². The fourth-order valence-electron chi connectivity index (χ4n) is 0.304. The van der Waals surface area contributed by atoms with Gasteiger partial charge in [-0.05, 0) is 13.0 Å². The molecule has 0 aromatic heterocycles. The molecule has 0 saturated carbocycles. The standard InChI is InChI=1S/C5H5F5/c1-2-3-4(6,7)5(8,9)10/h2-3H,1H3/b3-2+. The van der Waals surface area contributed by atoms with Gasteiger partial charge in [-0.15, -0.1) is 0 Å². The molecule has 0 aliphatic rings. The molecule has 0 fully saturated rings. The lowest BCUT2D eigenvalue weighted by Crippen LogP contribution is -2.33. The summed E-state index contributed by atoms with van der Waals surface area (Å²) in [6.45, 7) is 1.10. The number of alkyl halides is 5. The summed E-state index contributed by atoms with van der Waals surface area (Å²) < 4.78 is 57.1. The van der Waals surface area contributed by atoms with Crippen molar-refractivity contribution in [2.75, 3.05) is 0 Å². The van der Waals surface area contributed by atoms with E-state index in [4.69, 9.17) is 0 Å². The molecule has 60 valence electrons. The van der Waals surface area contributed by atoms with Crippen LogP contribution in [0.2, 0.25) is 0 Å². The van der Waals surface area contributed by atoms with E-state index in [0.717, 1.165) is 6.92 Å². The van der Waals surface area contributed by atoms with Crippen LogP contribution in [0.15, 0.2) is 12.2 Å². The zero-order chi connectivity index (χ0) is 8.41. The van der Waals surface area contributed by atoms with Crippen LogP contribution >= 0.6 is 0 Å². The Hall–Kier alpha value is -0.610. The summed E-state index contributed by atoms with van der Waals surface area (Å²) in [6.07, 6.45) is -5.00. The summed E-state index contributed by atoms with van der Waals surface area (Å²) in [6, 6.07) is 0. The lowest BCUT2D eigenvalue weighted by Gasteiger charge is -2.14. The molecule has 10 heavy (non-hydrogen) atoms. The highest BCUT2D eigenvalue weighted by atomic mass is 19.4. The Balaban J connectivity index is 4.40. The van der Waals surface area contributed by atoms with Crippen LogP contribution in [0, 0.1) is 0 Å². The van der Waals surface area contributed by atoms with Crippen molar-refractivity contribution in [1.29, 1.82) is 0 Å². The van der Waals surface area contributed by atoms with Crippen LogP contribution in [-0.4, -0.2) is 12.1 Å². The van der Waals surface area contributed by atoms with Crippen LogP contribution in [0.3, 0.4) is 0 Å². The molecular formula is C5H5F5. The van der Waals surface area contributed by atoms with Crippen molar-refractivity contribution in [1.82, 2.24) is 0 Å². The SMILES string of the molecule is C/C=C/C(F)(F)C(F)(F)F. The molecule has 0 N–H and O–H groups in total. The van der Waals surface area contributed by atoms with E-state index in [1.54, 1.807) is 0 Å². The van der Waals surface area contributed by atoms with Crippen molar-refractivity contribution in [2.45, 2.75) is 19.0 Å². The van der Waals surface area contributed by atoms with Gasteiger partial charge < -0.3 is 0 Å². The maximum Gasteiger partial charge on any atom is 0.457 e. The number of halogens is 5. The van der Waals surface area contributed by atoms with E-state index in [1.165, 1.54) is 0 Å². The monoisotopic (exact) mass is 160 g/mol. The Bertz CT molecular complexity index is 131. The summed E-state index contributed by atoms with van der Waals surface area (Å²) in [5.74, 6) is -4.69. The van der Waals surface area contributed by atoms with Crippen molar-refractivity contribution < 1.29 is 22.0 Å². The van der Waals surface area contributed by atoms with Crippen LogP contribution in [0.4, 0.5) is 22.0 Å². The van der Waals surface area contributed by atoms with E-state index < -0.39 is 12.1 Å².